The van der Waals surface area contributed by atoms with Crippen LogP contribution in [-0.4, -0.2) is 7.11 Å². The quantitative estimate of drug-likeness (QED) is 0.640. The summed E-state index contributed by atoms with van der Waals surface area (Å²) < 4.78 is 5.11. The van der Waals surface area contributed by atoms with Gasteiger partial charge < -0.3 is 16.2 Å². The van der Waals surface area contributed by atoms with E-state index in [1.54, 1.807) is 7.11 Å². The summed E-state index contributed by atoms with van der Waals surface area (Å²) in [5.41, 5.74) is 14.8. The Kier molecular flexibility index (Phi) is 3.53. The molecule has 0 aromatic heterocycles. The maximum absolute atomic E-state index is 5.75. The van der Waals surface area contributed by atoms with Crippen molar-refractivity contribution < 1.29 is 4.74 Å². The molecule has 0 atom stereocenters. The van der Waals surface area contributed by atoms with Gasteiger partial charge in [-0.1, -0.05) is 30.4 Å². The second kappa shape index (κ2) is 5.27. The zero-order chi connectivity index (χ0) is 13.0. The van der Waals surface area contributed by atoms with Crippen LogP contribution in [0.2, 0.25) is 0 Å². The Balaban J connectivity index is 2.16. The molecule has 0 saturated heterocycles. The van der Waals surface area contributed by atoms with E-state index in [0.29, 0.717) is 11.4 Å². The standard InChI is InChI=1S/C15H16N2O/c1-18-13-7-4-11(5-8-13)2-3-12-6-9-14(16)15(17)10-12/h2-10H,16-17H2,1H3/b3-2+. The lowest BCUT2D eigenvalue weighted by atomic mass is 10.1. The molecule has 0 saturated carbocycles. The first kappa shape index (κ1) is 12.0. The van der Waals surface area contributed by atoms with Crippen LogP contribution in [0.25, 0.3) is 12.2 Å². The fraction of sp³-hybridized carbons (Fsp3) is 0.0667. The molecule has 0 amide bonds. The number of anilines is 2. The van der Waals surface area contributed by atoms with Gasteiger partial charge in [0.2, 0.25) is 0 Å². The molecule has 2 aromatic rings. The van der Waals surface area contributed by atoms with Gasteiger partial charge in [-0.3, -0.25) is 0 Å². The third kappa shape index (κ3) is 2.83. The van der Waals surface area contributed by atoms with Crippen LogP contribution in [0.3, 0.4) is 0 Å². The Morgan fingerprint density at radius 2 is 1.44 bits per heavy atom. The maximum atomic E-state index is 5.75. The van der Waals surface area contributed by atoms with Gasteiger partial charge in [0.25, 0.3) is 0 Å². The minimum atomic E-state index is 0.604. The number of hydrogen-bond acceptors (Lipinski definition) is 3. The zero-order valence-corrected chi connectivity index (χ0v) is 10.3. The van der Waals surface area contributed by atoms with E-state index in [1.165, 1.54) is 0 Å². The van der Waals surface area contributed by atoms with Crippen LogP contribution in [0, 0.1) is 0 Å². The molecule has 0 spiro atoms. The monoisotopic (exact) mass is 240 g/mol. The molecule has 4 N–H and O–H groups in total. The number of benzene rings is 2. The van der Waals surface area contributed by atoms with Crippen molar-refractivity contribution in [2.45, 2.75) is 0 Å². The lowest BCUT2D eigenvalue weighted by Gasteiger charge is -2.01. The van der Waals surface area contributed by atoms with E-state index in [4.69, 9.17) is 16.2 Å². The molecule has 0 aliphatic heterocycles. The third-order valence-electron chi connectivity index (χ3n) is 2.69. The number of hydrogen-bond donors (Lipinski definition) is 2. The number of nitrogen functional groups attached to an aromatic ring is 2. The van der Waals surface area contributed by atoms with Gasteiger partial charge in [0.1, 0.15) is 5.75 Å². The van der Waals surface area contributed by atoms with Crippen LogP contribution in [0.4, 0.5) is 11.4 Å². The molecule has 2 rings (SSSR count). The number of ether oxygens (including phenoxy) is 1. The second-order valence-electron chi connectivity index (χ2n) is 3.99. The van der Waals surface area contributed by atoms with Gasteiger partial charge in [-0.05, 0) is 35.4 Å². The second-order valence-corrected chi connectivity index (χ2v) is 3.99. The molecule has 0 fully saturated rings. The van der Waals surface area contributed by atoms with Gasteiger partial charge in [-0.25, -0.2) is 0 Å². The van der Waals surface area contributed by atoms with Gasteiger partial charge in [0.15, 0.2) is 0 Å². The average molecular weight is 240 g/mol. The fourth-order valence-electron chi connectivity index (χ4n) is 1.60. The Morgan fingerprint density at radius 1 is 0.833 bits per heavy atom. The van der Waals surface area contributed by atoms with Crippen LogP contribution < -0.4 is 16.2 Å². The van der Waals surface area contributed by atoms with Gasteiger partial charge in [0, 0.05) is 0 Å². The highest BCUT2D eigenvalue weighted by molar-refractivity contribution is 5.74. The number of nitrogens with two attached hydrogens (primary N) is 2. The molecule has 0 unspecified atom stereocenters. The average Bonchev–Trinajstić information content (AvgIpc) is 2.41. The lowest BCUT2D eigenvalue weighted by molar-refractivity contribution is 0.415. The fourth-order valence-corrected chi connectivity index (χ4v) is 1.60. The first-order chi connectivity index (χ1) is 8.69. The van der Waals surface area contributed by atoms with E-state index >= 15 is 0 Å². The smallest absolute Gasteiger partial charge is 0.118 e. The molecule has 0 aliphatic carbocycles. The summed E-state index contributed by atoms with van der Waals surface area (Å²) in [6.07, 6.45) is 4.02. The van der Waals surface area contributed by atoms with Crippen LogP contribution in [0.15, 0.2) is 42.5 Å². The van der Waals surface area contributed by atoms with Gasteiger partial charge in [-0.15, -0.1) is 0 Å². The number of rotatable bonds is 3. The Morgan fingerprint density at radius 3 is 2.06 bits per heavy atom. The van der Waals surface area contributed by atoms with E-state index in [2.05, 4.69) is 0 Å². The van der Waals surface area contributed by atoms with Gasteiger partial charge >= 0.3 is 0 Å². The minimum Gasteiger partial charge on any atom is -0.497 e. The van der Waals surface area contributed by atoms with Crippen molar-refractivity contribution in [3.8, 4) is 5.75 Å². The van der Waals surface area contributed by atoms with Crippen LogP contribution in [0.1, 0.15) is 11.1 Å². The molecule has 0 bridgehead atoms. The highest BCUT2D eigenvalue weighted by atomic mass is 16.5. The van der Waals surface area contributed by atoms with Crippen LogP contribution >= 0.6 is 0 Å². The lowest BCUT2D eigenvalue weighted by Crippen LogP contribution is -1.93. The molecule has 3 nitrogen and oxygen atoms in total. The highest BCUT2D eigenvalue weighted by Gasteiger charge is 1.94. The normalized spacial score (nSPS) is 10.7. The van der Waals surface area contributed by atoms with Crippen molar-refractivity contribution in [1.29, 1.82) is 0 Å². The van der Waals surface area contributed by atoms with Crippen molar-refractivity contribution in [2.75, 3.05) is 18.6 Å². The summed E-state index contributed by atoms with van der Waals surface area (Å²) in [5.74, 6) is 0.851. The van der Waals surface area contributed by atoms with Crippen molar-refractivity contribution in [3.63, 3.8) is 0 Å². The van der Waals surface area contributed by atoms with Crippen molar-refractivity contribution in [1.82, 2.24) is 0 Å². The molecular weight excluding hydrogens is 224 g/mol. The third-order valence-corrected chi connectivity index (χ3v) is 2.69. The molecule has 18 heavy (non-hydrogen) atoms. The van der Waals surface area contributed by atoms with Crippen molar-refractivity contribution in [2.24, 2.45) is 0 Å². The van der Waals surface area contributed by atoms with Gasteiger partial charge in [0.05, 0.1) is 18.5 Å². The summed E-state index contributed by atoms with van der Waals surface area (Å²) in [4.78, 5) is 0. The van der Waals surface area contributed by atoms with E-state index in [0.717, 1.165) is 16.9 Å². The summed E-state index contributed by atoms with van der Waals surface area (Å²) >= 11 is 0. The van der Waals surface area contributed by atoms with Crippen molar-refractivity contribution in [3.05, 3.63) is 53.6 Å². The topological polar surface area (TPSA) is 61.3 Å². The van der Waals surface area contributed by atoms with Gasteiger partial charge in [-0.2, -0.15) is 0 Å². The van der Waals surface area contributed by atoms with E-state index in [1.807, 2.05) is 54.6 Å². The number of methoxy groups -OCH3 is 1. The molecule has 0 radical (unpaired) electrons. The van der Waals surface area contributed by atoms with Crippen LogP contribution in [0.5, 0.6) is 5.75 Å². The van der Waals surface area contributed by atoms with E-state index < -0.39 is 0 Å². The molecule has 92 valence electrons. The minimum absolute atomic E-state index is 0.604. The summed E-state index contributed by atoms with van der Waals surface area (Å²) in [5, 5.41) is 0. The maximum Gasteiger partial charge on any atom is 0.118 e. The predicted molar refractivity (Wildman–Crippen MR) is 77.2 cm³/mol. The van der Waals surface area contributed by atoms with E-state index in [9.17, 15) is 0 Å². The zero-order valence-electron chi connectivity index (χ0n) is 10.3. The molecule has 3 heteroatoms. The largest absolute Gasteiger partial charge is 0.497 e. The molecule has 2 aromatic carbocycles. The Labute approximate surface area is 107 Å². The summed E-state index contributed by atoms with van der Waals surface area (Å²) in [6.45, 7) is 0. The Hall–Kier alpha value is -2.42. The highest BCUT2D eigenvalue weighted by Crippen LogP contribution is 2.18. The van der Waals surface area contributed by atoms with Crippen LogP contribution in [-0.2, 0) is 0 Å². The first-order valence-electron chi connectivity index (χ1n) is 5.66. The predicted octanol–water partition coefficient (Wildman–Crippen LogP) is 3.03. The summed E-state index contributed by atoms with van der Waals surface area (Å²) in [7, 11) is 1.65. The Bertz CT molecular complexity index is 559. The first-order valence-corrected chi connectivity index (χ1v) is 5.66. The van der Waals surface area contributed by atoms with Crippen molar-refractivity contribution >= 4 is 23.5 Å². The molecular formula is C15H16N2O. The summed E-state index contributed by atoms with van der Waals surface area (Å²) in [6, 6.07) is 13.4. The SMILES string of the molecule is COc1ccc(/C=C/c2ccc(N)c(N)c2)cc1. The molecule has 0 heterocycles. The van der Waals surface area contributed by atoms with E-state index in [-0.39, 0.29) is 0 Å². The molecule has 0 aliphatic rings.